The molecule has 1 amide bonds. The molecule has 0 bridgehead atoms. The van der Waals surface area contributed by atoms with Crippen LogP contribution in [0.15, 0.2) is 24.3 Å². The number of fused-ring (bicyclic) bond motifs is 1. The number of carbonyl (C=O) groups is 1. The Labute approximate surface area is 156 Å². The Morgan fingerprint density at radius 2 is 2.08 bits per heavy atom. The fourth-order valence-electron chi connectivity index (χ4n) is 4.94. The van der Waals surface area contributed by atoms with Crippen LogP contribution in [0.3, 0.4) is 0 Å². The van der Waals surface area contributed by atoms with Crippen molar-refractivity contribution in [2.24, 2.45) is 23.5 Å². The number of nitriles is 1. The van der Waals surface area contributed by atoms with Crippen LogP contribution in [0, 0.1) is 29.1 Å². The van der Waals surface area contributed by atoms with Crippen molar-refractivity contribution in [1.82, 2.24) is 4.90 Å². The molecule has 5 heteroatoms. The van der Waals surface area contributed by atoms with Gasteiger partial charge >= 0.3 is 0 Å². The smallest absolute Gasteiger partial charge is 0.234 e. The first-order valence-corrected chi connectivity index (χ1v) is 9.67. The normalized spacial score (nSPS) is 26.2. The lowest BCUT2D eigenvalue weighted by Crippen LogP contribution is -2.50. The molecule has 0 unspecified atom stereocenters. The molecular formula is C21H30N4O. The minimum absolute atomic E-state index is 0.195. The molecule has 2 N–H and O–H groups in total. The van der Waals surface area contributed by atoms with Gasteiger partial charge in [0, 0.05) is 19.1 Å². The Morgan fingerprint density at radius 1 is 1.35 bits per heavy atom. The minimum atomic E-state index is -0.214. The van der Waals surface area contributed by atoms with Gasteiger partial charge in [-0.3, -0.25) is 9.69 Å². The molecule has 1 aromatic rings. The molecule has 5 nitrogen and oxygen atoms in total. The molecule has 0 radical (unpaired) electrons. The number of para-hydroxylation sites is 1. The number of hydrogen-bond donors (Lipinski definition) is 1. The van der Waals surface area contributed by atoms with Gasteiger partial charge in [-0.2, -0.15) is 5.26 Å². The van der Waals surface area contributed by atoms with E-state index in [9.17, 15) is 10.1 Å². The second-order valence-corrected chi connectivity index (χ2v) is 8.32. The molecule has 1 heterocycles. The van der Waals surface area contributed by atoms with Crippen LogP contribution in [0.1, 0.15) is 38.7 Å². The molecule has 2 aliphatic rings. The first-order chi connectivity index (χ1) is 12.4. The fraction of sp³-hybridized carbons (Fsp3) is 0.619. The number of benzene rings is 1. The highest BCUT2D eigenvalue weighted by atomic mass is 16.1. The lowest BCUT2D eigenvalue weighted by molar-refractivity contribution is -0.124. The van der Waals surface area contributed by atoms with E-state index in [0.717, 1.165) is 37.2 Å². The van der Waals surface area contributed by atoms with Gasteiger partial charge in [0.2, 0.25) is 5.91 Å². The van der Waals surface area contributed by atoms with Crippen molar-refractivity contribution in [1.29, 1.82) is 5.26 Å². The lowest BCUT2D eigenvalue weighted by atomic mass is 9.94. The van der Waals surface area contributed by atoms with Crippen molar-refractivity contribution < 1.29 is 4.79 Å². The van der Waals surface area contributed by atoms with Crippen LogP contribution >= 0.6 is 0 Å². The number of carbonyl (C=O) groups excluding carboxylic acids is 1. The van der Waals surface area contributed by atoms with Crippen LogP contribution in [-0.2, 0) is 4.79 Å². The Bertz CT molecular complexity index is 695. The average molecular weight is 354 g/mol. The molecular weight excluding hydrogens is 324 g/mol. The quantitative estimate of drug-likeness (QED) is 0.852. The number of nitrogens with zero attached hydrogens (tertiary/aromatic N) is 3. The first kappa shape index (κ1) is 18.7. The molecule has 1 aliphatic heterocycles. The summed E-state index contributed by atoms with van der Waals surface area (Å²) in [7, 11) is 2.07. The summed E-state index contributed by atoms with van der Waals surface area (Å²) in [4.78, 5) is 16.6. The highest BCUT2D eigenvalue weighted by molar-refractivity contribution is 5.79. The number of likely N-dealkylation sites (N-methyl/N-ethyl adjacent to an activating group) is 1. The summed E-state index contributed by atoms with van der Waals surface area (Å²) in [5, 5.41) is 9.40. The van der Waals surface area contributed by atoms with E-state index in [1.807, 2.05) is 24.3 Å². The third kappa shape index (κ3) is 3.57. The lowest BCUT2D eigenvalue weighted by Gasteiger charge is -2.35. The molecule has 0 aromatic heterocycles. The van der Waals surface area contributed by atoms with Crippen LogP contribution in [0.5, 0.6) is 0 Å². The third-order valence-corrected chi connectivity index (χ3v) is 6.22. The van der Waals surface area contributed by atoms with Crippen LogP contribution in [0.2, 0.25) is 0 Å². The van der Waals surface area contributed by atoms with E-state index < -0.39 is 0 Å². The summed E-state index contributed by atoms with van der Waals surface area (Å²) in [5.41, 5.74) is 7.50. The number of anilines is 1. The monoisotopic (exact) mass is 354 g/mol. The van der Waals surface area contributed by atoms with E-state index in [2.05, 4.69) is 36.8 Å². The van der Waals surface area contributed by atoms with Crippen molar-refractivity contribution >= 4 is 11.6 Å². The van der Waals surface area contributed by atoms with Gasteiger partial charge in [0.05, 0.1) is 17.3 Å². The molecule has 4 atom stereocenters. The maximum Gasteiger partial charge on any atom is 0.234 e. The van der Waals surface area contributed by atoms with Crippen molar-refractivity contribution in [3.8, 4) is 6.07 Å². The van der Waals surface area contributed by atoms with Crippen molar-refractivity contribution in [3.63, 3.8) is 0 Å². The molecule has 0 spiro atoms. The highest BCUT2D eigenvalue weighted by Gasteiger charge is 2.46. The van der Waals surface area contributed by atoms with E-state index in [1.165, 1.54) is 6.42 Å². The second-order valence-electron chi connectivity index (χ2n) is 8.32. The van der Waals surface area contributed by atoms with Crippen molar-refractivity contribution in [3.05, 3.63) is 29.8 Å². The summed E-state index contributed by atoms with van der Waals surface area (Å²) in [6.45, 7) is 6.22. The van der Waals surface area contributed by atoms with Gasteiger partial charge in [0.15, 0.2) is 0 Å². The van der Waals surface area contributed by atoms with Crippen molar-refractivity contribution in [2.75, 3.05) is 25.0 Å². The molecule has 140 valence electrons. The van der Waals surface area contributed by atoms with Crippen LogP contribution in [0.4, 0.5) is 5.69 Å². The predicted octanol–water partition coefficient (Wildman–Crippen LogP) is 2.60. The number of primary amides is 1. The molecule has 1 saturated carbocycles. The topological polar surface area (TPSA) is 73.4 Å². The van der Waals surface area contributed by atoms with Gasteiger partial charge in [-0.05, 0) is 56.2 Å². The van der Waals surface area contributed by atoms with E-state index in [4.69, 9.17) is 5.73 Å². The third-order valence-electron chi connectivity index (χ3n) is 6.22. The average Bonchev–Trinajstić information content (AvgIpc) is 3.19. The summed E-state index contributed by atoms with van der Waals surface area (Å²) in [6, 6.07) is 10.4. The van der Waals surface area contributed by atoms with Crippen LogP contribution in [-0.4, -0.2) is 43.0 Å². The number of hydrogen-bond acceptors (Lipinski definition) is 4. The second kappa shape index (κ2) is 7.67. The zero-order valence-corrected chi connectivity index (χ0v) is 16.1. The van der Waals surface area contributed by atoms with Gasteiger partial charge in [-0.1, -0.05) is 26.0 Å². The molecule has 3 rings (SSSR count). The summed E-state index contributed by atoms with van der Waals surface area (Å²) in [5.74, 6) is 1.38. The molecule has 1 aromatic carbocycles. The number of amides is 1. The maximum absolute atomic E-state index is 12.0. The van der Waals surface area contributed by atoms with E-state index in [1.54, 1.807) is 0 Å². The summed E-state index contributed by atoms with van der Waals surface area (Å²) >= 11 is 0. The van der Waals surface area contributed by atoms with Gasteiger partial charge in [-0.25, -0.2) is 0 Å². The zero-order chi connectivity index (χ0) is 18.8. The van der Waals surface area contributed by atoms with Gasteiger partial charge in [0.1, 0.15) is 6.07 Å². The van der Waals surface area contributed by atoms with Crippen LogP contribution < -0.4 is 10.6 Å². The zero-order valence-electron chi connectivity index (χ0n) is 16.1. The van der Waals surface area contributed by atoms with E-state index >= 15 is 0 Å². The van der Waals surface area contributed by atoms with E-state index in [-0.39, 0.29) is 11.9 Å². The Hall–Kier alpha value is -2.06. The number of rotatable bonds is 6. The predicted molar refractivity (Wildman–Crippen MR) is 104 cm³/mol. The first-order valence-electron chi connectivity index (χ1n) is 9.67. The summed E-state index contributed by atoms with van der Waals surface area (Å²) in [6.07, 6.45) is 3.11. The SMILES string of the molecule is CC(C)C[C@@H](C(N)=O)N(C)[C@H]1CC[C@@H]2CN(c3ccccc3C#N)C[C@@H]21. The Morgan fingerprint density at radius 3 is 2.73 bits per heavy atom. The highest BCUT2D eigenvalue weighted by Crippen LogP contribution is 2.43. The Kier molecular flexibility index (Phi) is 5.52. The molecule has 2 fully saturated rings. The number of nitrogens with two attached hydrogens (primary N) is 1. The van der Waals surface area contributed by atoms with Crippen LogP contribution in [0.25, 0.3) is 0 Å². The molecule has 26 heavy (non-hydrogen) atoms. The van der Waals surface area contributed by atoms with Gasteiger partial charge in [0.25, 0.3) is 0 Å². The molecule has 1 aliphatic carbocycles. The standard InChI is InChI=1S/C21H30N4O/c1-14(2)10-20(21(23)26)24(3)19-9-8-16-12-25(13-17(16)19)18-7-5-4-6-15(18)11-22/h4-7,14,16-17,19-20H,8-10,12-13H2,1-3H3,(H2,23,26)/t16-,17+,19+,20+/m1/s1. The summed E-state index contributed by atoms with van der Waals surface area (Å²) < 4.78 is 0. The van der Waals surface area contributed by atoms with Gasteiger partial charge in [-0.15, -0.1) is 0 Å². The minimum Gasteiger partial charge on any atom is -0.370 e. The Balaban J connectivity index is 1.75. The fourth-order valence-corrected chi connectivity index (χ4v) is 4.94. The largest absolute Gasteiger partial charge is 0.370 e. The molecule has 1 saturated heterocycles. The van der Waals surface area contributed by atoms with E-state index in [0.29, 0.717) is 23.8 Å². The van der Waals surface area contributed by atoms with Crippen molar-refractivity contribution in [2.45, 2.75) is 45.2 Å². The maximum atomic E-state index is 12.0. The van der Waals surface area contributed by atoms with Gasteiger partial charge < -0.3 is 10.6 Å².